The smallest absolute Gasteiger partial charge is 0.251 e. The molecule has 0 radical (unpaired) electrons. The lowest BCUT2D eigenvalue weighted by atomic mass is 9.77. The minimum atomic E-state index is -0.894. The molecule has 0 unspecified atom stereocenters. The molecule has 296 valence electrons. The summed E-state index contributed by atoms with van der Waals surface area (Å²) in [5, 5.41) is 29.5. The van der Waals surface area contributed by atoms with Crippen molar-refractivity contribution >= 4 is 11.8 Å². The number of carbonyl (C=O) groups is 2. The Labute approximate surface area is 319 Å². The van der Waals surface area contributed by atoms with Crippen LogP contribution in [0, 0.1) is 23.2 Å². The van der Waals surface area contributed by atoms with Crippen molar-refractivity contribution < 1.29 is 29.4 Å². The lowest BCUT2D eigenvalue weighted by molar-refractivity contribution is -0.182. The van der Waals surface area contributed by atoms with E-state index in [9.17, 15) is 19.8 Å². The van der Waals surface area contributed by atoms with Crippen LogP contribution in [0.2, 0.25) is 0 Å². The highest BCUT2D eigenvalue weighted by Gasteiger charge is 2.50. The summed E-state index contributed by atoms with van der Waals surface area (Å²) in [5.41, 5.74) is 3.82. The number of nitrogens with zero attached hydrogens (tertiary/aromatic N) is 2. The molecule has 0 bridgehead atoms. The average Bonchev–Trinajstić information content (AvgIpc) is 3.43. The molecule has 0 spiro atoms. The summed E-state index contributed by atoms with van der Waals surface area (Å²) >= 11 is 0. The number of ether oxygens (including phenoxy) is 1. The van der Waals surface area contributed by atoms with Gasteiger partial charge in [0, 0.05) is 41.2 Å². The first-order chi connectivity index (χ1) is 24.7. The van der Waals surface area contributed by atoms with Gasteiger partial charge in [-0.25, -0.2) is 0 Å². The van der Waals surface area contributed by atoms with Crippen LogP contribution in [-0.4, -0.2) is 96.7 Å². The quantitative estimate of drug-likeness (QED) is 0.193. The molecular formula is C43H68N4O6. The number of amides is 2. The zero-order chi connectivity index (χ0) is 39.4. The van der Waals surface area contributed by atoms with Crippen LogP contribution in [0.4, 0.5) is 0 Å². The van der Waals surface area contributed by atoms with Gasteiger partial charge in [-0.2, -0.15) is 5.06 Å². The first-order valence-electron chi connectivity index (χ1n) is 19.5. The zero-order valence-electron chi connectivity index (χ0n) is 34.5. The fourth-order valence-corrected chi connectivity index (χ4v) is 8.23. The summed E-state index contributed by atoms with van der Waals surface area (Å²) in [6.45, 7) is 19.6. The molecule has 0 aromatic heterocycles. The molecule has 2 fully saturated rings. The Hall–Kier alpha value is -3.02. The van der Waals surface area contributed by atoms with Gasteiger partial charge in [-0.05, 0) is 79.8 Å². The van der Waals surface area contributed by atoms with Crippen LogP contribution in [0.5, 0.6) is 5.75 Å². The van der Waals surface area contributed by atoms with Crippen molar-refractivity contribution in [1.82, 2.24) is 20.6 Å². The van der Waals surface area contributed by atoms with Gasteiger partial charge in [0.25, 0.3) is 5.91 Å². The van der Waals surface area contributed by atoms with Gasteiger partial charge in [-0.3, -0.25) is 14.4 Å². The molecule has 53 heavy (non-hydrogen) atoms. The topological polar surface area (TPSA) is 124 Å². The highest BCUT2D eigenvalue weighted by molar-refractivity contribution is 5.96. The van der Waals surface area contributed by atoms with Gasteiger partial charge in [0.1, 0.15) is 17.9 Å². The number of para-hydroxylation sites is 1. The number of methoxy groups -OCH3 is 1. The molecule has 1 saturated heterocycles. The maximum Gasteiger partial charge on any atom is 0.251 e. The van der Waals surface area contributed by atoms with Crippen molar-refractivity contribution in [3.05, 3.63) is 53.1 Å². The molecule has 1 saturated carbocycles. The molecule has 10 heteroatoms. The fourth-order valence-electron chi connectivity index (χ4n) is 8.23. The van der Waals surface area contributed by atoms with E-state index < -0.39 is 24.2 Å². The Kier molecular flexibility index (Phi) is 14.2. The maximum atomic E-state index is 14.1. The van der Waals surface area contributed by atoms with E-state index in [4.69, 9.17) is 9.57 Å². The van der Waals surface area contributed by atoms with Gasteiger partial charge in [-0.1, -0.05) is 92.5 Å². The Morgan fingerprint density at radius 2 is 1.77 bits per heavy atom. The first-order valence-corrected chi connectivity index (χ1v) is 19.5. The van der Waals surface area contributed by atoms with Crippen LogP contribution in [-0.2, 0) is 21.6 Å². The molecule has 2 aromatic carbocycles. The average molecular weight is 737 g/mol. The monoisotopic (exact) mass is 737 g/mol. The molecule has 2 aromatic rings. The van der Waals surface area contributed by atoms with Gasteiger partial charge < -0.3 is 30.5 Å². The number of benzene rings is 2. The number of hydroxylamine groups is 2. The molecule has 2 amide bonds. The summed E-state index contributed by atoms with van der Waals surface area (Å²) < 4.78 is 6.11. The van der Waals surface area contributed by atoms with Crippen molar-refractivity contribution in [2.24, 2.45) is 23.2 Å². The van der Waals surface area contributed by atoms with E-state index in [2.05, 4.69) is 77.0 Å². The second kappa shape index (κ2) is 17.6. The van der Waals surface area contributed by atoms with Gasteiger partial charge in [0.2, 0.25) is 5.91 Å². The lowest BCUT2D eigenvalue weighted by Gasteiger charge is -2.36. The SMILES string of the molecule is COc1c(CN2O[C@@H](CO)[C@H]([C@H](C)O)[C@H]2C(=O)N[C@H]2CCC[C@H](C)[C@@H]2C)cccc1-c1cc(C(=O)N[C@H](CN(C)C)CC(C)(C)C)cc(C(C)(C)C)c1. The minimum Gasteiger partial charge on any atom is -0.496 e. The second-order valence-corrected chi connectivity index (χ2v) is 18.3. The molecule has 8 atom stereocenters. The summed E-state index contributed by atoms with van der Waals surface area (Å²) in [6.07, 6.45) is 2.30. The normalized spacial score (nSPS) is 25.3. The van der Waals surface area contributed by atoms with Crippen LogP contribution < -0.4 is 15.4 Å². The number of rotatable bonds is 13. The third-order valence-corrected chi connectivity index (χ3v) is 11.2. The molecule has 2 aliphatic rings. The number of carbonyl (C=O) groups excluding carboxylic acids is 2. The molecule has 1 aliphatic carbocycles. The molecule has 10 nitrogen and oxygen atoms in total. The Balaban J connectivity index is 1.72. The third kappa shape index (κ3) is 10.8. The Morgan fingerprint density at radius 1 is 1.08 bits per heavy atom. The lowest BCUT2D eigenvalue weighted by Crippen LogP contribution is -2.53. The summed E-state index contributed by atoms with van der Waals surface area (Å²) in [4.78, 5) is 36.5. The largest absolute Gasteiger partial charge is 0.496 e. The van der Waals surface area contributed by atoms with Gasteiger partial charge >= 0.3 is 0 Å². The minimum absolute atomic E-state index is 0.0272. The second-order valence-electron chi connectivity index (χ2n) is 18.3. The van der Waals surface area contributed by atoms with Gasteiger partial charge in [0.15, 0.2) is 0 Å². The number of aliphatic hydroxyl groups excluding tert-OH is 2. The van der Waals surface area contributed by atoms with Crippen molar-refractivity contribution in [3.63, 3.8) is 0 Å². The van der Waals surface area contributed by atoms with Gasteiger partial charge in [-0.15, -0.1) is 0 Å². The van der Waals surface area contributed by atoms with Crippen molar-refractivity contribution in [3.8, 4) is 16.9 Å². The molecule has 1 aliphatic heterocycles. The van der Waals surface area contributed by atoms with Crippen LogP contribution >= 0.6 is 0 Å². The standard InChI is InChI=1S/C43H68N4O6/c1-26-15-13-18-35(27(26)2)45-41(51)38-37(28(3)49)36(25-48)53-47(38)23-29-16-14-17-34(39(29)52-12)30-19-31(21-32(20-30)43(7,8)9)40(50)44-33(24-46(10)11)22-42(4,5)6/h14,16-17,19-21,26-28,33,35-38,48-49H,13,15,18,22-25H2,1-12H3,(H,44,50)(H,45,51)/t26-,27-,28-,33-,35-,36-,37-,38-/m0/s1. The summed E-state index contributed by atoms with van der Waals surface area (Å²) in [5.74, 6) is 0.462. The van der Waals surface area contributed by atoms with Crippen LogP contribution in [0.1, 0.15) is 109 Å². The number of nitrogens with one attached hydrogen (secondary N) is 2. The molecule has 4 rings (SSSR count). The zero-order valence-corrected chi connectivity index (χ0v) is 34.5. The Morgan fingerprint density at radius 3 is 2.36 bits per heavy atom. The Bertz CT molecular complexity index is 1550. The predicted molar refractivity (Wildman–Crippen MR) is 212 cm³/mol. The number of hydrogen-bond acceptors (Lipinski definition) is 8. The number of likely N-dealkylation sites (N-methyl/N-ethyl adjacent to an activating group) is 1. The maximum absolute atomic E-state index is 14.1. The van der Waals surface area contributed by atoms with Crippen molar-refractivity contribution in [2.75, 3.05) is 34.4 Å². The van der Waals surface area contributed by atoms with E-state index in [1.807, 2.05) is 44.4 Å². The summed E-state index contributed by atoms with van der Waals surface area (Å²) in [7, 11) is 5.67. The van der Waals surface area contributed by atoms with E-state index in [0.29, 0.717) is 23.1 Å². The van der Waals surface area contributed by atoms with Crippen molar-refractivity contribution in [2.45, 2.75) is 130 Å². The predicted octanol–water partition coefficient (Wildman–Crippen LogP) is 6.17. The van der Waals surface area contributed by atoms with Crippen LogP contribution in [0.25, 0.3) is 11.1 Å². The van der Waals surface area contributed by atoms with Crippen LogP contribution in [0.3, 0.4) is 0 Å². The van der Waals surface area contributed by atoms with E-state index in [0.717, 1.165) is 54.5 Å². The summed E-state index contributed by atoms with van der Waals surface area (Å²) in [6, 6.07) is 11.1. The third-order valence-electron chi connectivity index (χ3n) is 11.2. The molecule has 4 N–H and O–H groups in total. The van der Waals surface area contributed by atoms with E-state index in [1.165, 1.54) is 0 Å². The highest BCUT2D eigenvalue weighted by atomic mass is 16.7. The molecule has 1 heterocycles. The van der Waals surface area contributed by atoms with E-state index in [-0.39, 0.29) is 47.9 Å². The first kappa shape index (κ1) is 42.7. The number of hydrogen-bond donors (Lipinski definition) is 4. The van der Waals surface area contributed by atoms with Crippen LogP contribution in [0.15, 0.2) is 36.4 Å². The van der Waals surface area contributed by atoms with E-state index >= 15 is 0 Å². The highest BCUT2D eigenvalue weighted by Crippen LogP contribution is 2.40. The van der Waals surface area contributed by atoms with Crippen molar-refractivity contribution in [1.29, 1.82) is 0 Å². The van der Waals surface area contributed by atoms with Gasteiger partial charge in [0.05, 0.1) is 26.4 Å². The fraction of sp³-hybridized carbons (Fsp3) is 0.674. The number of aliphatic hydroxyl groups is 2. The molecular weight excluding hydrogens is 668 g/mol. The van der Waals surface area contributed by atoms with E-state index in [1.54, 1.807) is 19.1 Å².